The molecule has 4 nitrogen and oxygen atoms in total. The van der Waals surface area contributed by atoms with Gasteiger partial charge in [0.05, 0.1) is 0 Å². The predicted octanol–water partition coefficient (Wildman–Crippen LogP) is 2.90. The van der Waals surface area contributed by atoms with Gasteiger partial charge in [-0.05, 0) is 70.0 Å². The Balaban J connectivity index is 1.74. The van der Waals surface area contributed by atoms with Gasteiger partial charge in [-0.25, -0.2) is 0 Å². The molecule has 5 heteroatoms. The van der Waals surface area contributed by atoms with Crippen molar-refractivity contribution in [3.63, 3.8) is 0 Å². The maximum atomic E-state index is 4.86. The van der Waals surface area contributed by atoms with E-state index in [0.29, 0.717) is 0 Å². The summed E-state index contributed by atoms with van der Waals surface area (Å²) in [7, 11) is 0. The lowest BCUT2D eigenvalue weighted by atomic mass is 10.1. The molecule has 0 spiro atoms. The van der Waals surface area contributed by atoms with Crippen LogP contribution in [0.25, 0.3) is 0 Å². The van der Waals surface area contributed by atoms with Crippen molar-refractivity contribution >= 4 is 17.7 Å². The average molecular weight is 341 g/mol. The van der Waals surface area contributed by atoms with Crippen molar-refractivity contribution in [1.82, 2.24) is 15.1 Å². The summed E-state index contributed by atoms with van der Waals surface area (Å²) in [5.41, 5.74) is 0. The number of piperidine rings is 1. The van der Waals surface area contributed by atoms with Crippen molar-refractivity contribution in [2.75, 3.05) is 57.8 Å². The van der Waals surface area contributed by atoms with E-state index in [0.717, 1.165) is 25.0 Å². The highest BCUT2D eigenvalue weighted by Gasteiger charge is 2.26. The van der Waals surface area contributed by atoms with E-state index in [2.05, 4.69) is 28.3 Å². The number of guanidine groups is 1. The molecule has 1 N–H and O–H groups in total. The number of hydrogen-bond acceptors (Lipinski definition) is 3. The van der Waals surface area contributed by atoms with Crippen molar-refractivity contribution in [1.29, 1.82) is 0 Å². The first-order chi connectivity index (χ1) is 11.3. The molecular formula is C18H36N4S. The second-order valence-corrected chi connectivity index (χ2v) is 7.88. The van der Waals surface area contributed by atoms with E-state index in [1.807, 2.05) is 11.8 Å². The summed E-state index contributed by atoms with van der Waals surface area (Å²) in [5, 5.41) is 3.50. The Morgan fingerprint density at radius 1 is 1.17 bits per heavy atom. The minimum atomic E-state index is 0.827. The van der Waals surface area contributed by atoms with E-state index in [-0.39, 0.29) is 0 Å². The summed E-state index contributed by atoms with van der Waals surface area (Å²) < 4.78 is 0. The highest BCUT2D eigenvalue weighted by Crippen LogP contribution is 2.20. The second-order valence-electron chi connectivity index (χ2n) is 6.90. The third-order valence-electron chi connectivity index (χ3n) is 4.90. The molecular weight excluding hydrogens is 304 g/mol. The number of unbranched alkanes of at least 4 members (excludes halogenated alkanes) is 1. The molecule has 0 aromatic heterocycles. The normalized spacial score (nSPS) is 23.5. The summed E-state index contributed by atoms with van der Waals surface area (Å²) in [5.74, 6) is 3.24. The van der Waals surface area contributed by atoms with Gasteiger partial charge in [0.2, 0.25) is 0 Å². The lowest BCUT2D eigenvalue weighted by molar-refractivity contribution is 0.198. The van der Waals surface area contributed by atoms with Gasteiger partial charge in [0, 0.05) is 32.7 Å². The SMILES string of the molecule is CCNC(=NCCCCSC)N1CCC(CN2CCCCC2)C1. The fraction of sp³-hybridized carbons (Fsp3) is 0.944. The average Bonchev–Trinajstić information content (AvgIpc) is 3.03. The Labute approximate surface area is 147 Å². The van der Waals surface area contributed by atoms with Crippen LogP contribution >= 0.6 is 11.8 Å². The molecule has 134 valence electrons. The Morgan fingerprint density at radius 2 is 2.00 bits per heavy atom. The van der Waals surface area contributed by atoms with Crippen molar-refractivity contribution in [3.8, 4) is 0 Å². The van der Waals surface area contributed by atoms with Gasteiger partial charge in [-0.2, -0.15) is 11.8 Å². The molecule has 23 heavy (non-hydrogen) atoms. The Bertz CT molecular complexity index is 342. The largest absolute Gasteiger partial charge is 0.357 e. The maximum Gasteiger partial charge on any atom is 0.193 e. The van der Waals surface area contributed by atoms with Gasteiger partial charge < -0.3 is 15.1 Å². The molecule has 0 aliphatic carbocycles. The summed E-state index contributed by atoms with van der Waals surface area (Å²) >= 11 is 1.93. The lowest BCUT2D eigenvalue weighted by Gasteiger charge is -2.29. The number of aliphatic imine (C=N–C) groups is 1. The molecule has 2 saturated heterocycles. The molecule has 2 heterocycles. The zero-order valence-electron chi connectivity index (χ0n) is 15.2. The zero-order valence-corrected chi connectivity index (χ0v) is 16.0. The van der Waals surface area contributed by atoms with E-state index in [1.54, 1.807) is 0 Å². The summed E-state index contributed by atoms with van der Waals surface area (Å²) in [6.07, 6.45) is 10.2. The summed E-state index contributed by atoms with van der Waals surface area (Å²) in [6, 6.07) is 0. The zero-order chi connectivity index (χ0) is 16.3. The minimum absolute atomic E-state index is 0.827. The van der Waals surface area contributed by atoms with Gasteiger partial charge in [-0.1, -0.05) is 6.42 Å². The fourth-order valence-electron chi connectivity index (χ4n) is 3.65. The van der Waals surface area contributed by atoms with E-state index in [9.17, 15) is 0 Å². The van der Waals surface area contributed by atoms with E-state index >= 15 is 0 Å². The quantitative estimate of drug-likeness (QED) is 0.418. The van der Waals surface area contributed by atoms with Crippen LogP contribution < -0.4 is 5.32 Å². The van der Waals surface area contributed by atoms with E-state index < -0.39 is 0 Å². The minimum Gasteiger partial charge on any atom is -0.357 e. The lowest BCUT2D eigenvalue weighted by Crippen LogP contribution is -2.41. The topological polar surface area (TPSA) is 30.9 Å². The second kappa shape index (κ2) is 11.2. The third kappa shape index (κ3) is 6.92. The molecule has 1 atom stereocenters. The van der Waals surface area contributed by atoms with Gasteiger partial charge in [-0.3, -0.25) is 4.99 Å². The van der Waals surface area contributed by atoms with Gasteiger partial charge in [0.25, 0.3) is 0 Å². The van der Waals surface area contributed by atoms with Crippen LogP contribution in [0.2, 0.25) is 0 Å². The molecule has 0 bridgehead atoms. The molecule has 0 amide bonds. The van der Waals surface area contributed by atoms with Crippen molar-refractivity contribution in [3.05, 3.63) is 0 Å². The monoisotopic (exact) mass is 340 g/mol. The number of hydrogen-bond donors (Lipinski definition) is 1. The fourth-order valence-corrected chi connectivity index (χ4v) is 4.14. The standard InChI is InChI=1S/C18H36N4S/c1-3-19-18(20-10-5-8-14-23-2)22-13-9-17(16-22)15-21-11-6-4-7-12-21/h17H,3-16H2,1-2H3,(H,19,20). The predicted molar refractivity (Wildman–Crippen MR) is 104 cm³/mol. The van der Waals surface area contributed by atoms with Gasteiger partial charge in [0.1, 0.15) is 0 Å². The van der Waals surface area contributed by atoms with Crippen LogP contribution in [0.15, 0.2) is 4.99 Å². The molecule has 2 rings (SSSR count). The van der Waals surface area contributed by atoms with Crippen LogP contribution in [0.1, 0.15) is 45.4 Å². The number of rotatable bonds is 8. The number of likely N-dealkylation sites (tertiary alicyclic amines) is 2. The van der Waals surface area contributed by atoms with Crippen molar-refractivity contribution in [2.24, 2.45) is 10.9 Å². The molecule has 2 aliphatic rings. The van der Waals surface area contributed by atoms with Gasteiger partial charge in [0.15, 0.2) is 5.96 Å². The maximum absolute atomic E-state index is 4.86. The Kier molecular flexibility index (Phi) is 9.20. The number of thioether (sulfide) groups is 1. The van der Waals surface area contributed by atoms with Crippen LogP contribution in [-0.2, 0) is 0 Å². The van der Waals surface area contributed by atoms with Crippen LogP contribution in [-0.4, -0.2) is 73.6 Å². The molecule has 0 aromatic rings. The number of nitrogens with one attached hydrogen (secondary N) is 1. The van der Waals surface area contributed by atoms with Crippen molar-refractivity contribution in [2.45, 2.75) is 45.4 Å². The summed E-state index contributed by atoms with van der Waals surface area (Å²) in [4.78, 5) is 10.0. The van der Waals surface area contributed by atoms with Crippen LogP contribution in [0.5, 0.6) is 0 Å². The van der Waals surface area contributed by atoms with Crippen LogP contribution in [0.4, 0.5) is 0 Å². The van der Waals surface area contributed by atoms with Gasteiger partial charge in [-0.15, -0.1) is 0 Å². The Hall–Kier alpha value is -0.420. The van der Waals surface area contributed by atoms with E-state index in [1.165, 1.54) is 77.0 Å². The first-order valence-corrected chi connectivity index (χ1v) is 11.0. The molecule has 0 aromatic carbocycles. The van der Waals surface area contributed by atoms with Crippen molar-refractivity contribution < 1.29 is 0 Å². The molecule has 2 aliphatic heterocycles. The van der Waals surface area contributed by atoms with Crippen LogP contribution in [0, 0.1) is 5.92 Å². The molecule has 2 fully saturated rings. The third-order valence-corrected chi connectivity index (χ3v) is 5.60. The molecule has 0 saturated carbocycles. The van der Waals surface area contributed by atoms with Crippen LogP contribution in [0.3, 0.4) is 0 Å². The highest BCUT2D eigenvalue weighted by molar-refractivity contribution is 7.98. The molecule has 0 radical (unpaired) electrons. The summed E-state index contributed by atoms with van der Waals surface area (Å²) in [6.45, 7) is 10.4. The number of nitrogens with zero attached hydrogens (tertiary/aromatic N) is 3. The first kappa shape index (κ1) is 18.9. The highest BCUT2D eigenvalue weighted by atomic mass is 32.2. The van der Waals surface area contributed by atoms with Gasteiger partial charge >= 0.3 is 0 Å². The smallest absolute Gasteiger partial charge is 0.193 e. The molecule has 1 unspecified atom stereocenters. The first-order valence-electron chi connectivity index (χ1n) is 9.58. The Morgan fingerprint density at radius 3 is 2.74 bits per heavy atom. The van der Waals surface area contributed by atoms with E-state index in [4.69, 9.17) is 4.99 Å².